The average Bonchev–Trinajstić information content (AvgIpc) is 2.70. The van der Waals surface area contributed by atoms with E-state index in [1.165, 1.54) is 11.4 Å². The van der Waals surface area contributed by atoms with Gasteiger partial charge in [0.25, 0.3) is 0 Å². The Morgan fingerprint density at radius 1 is 1.32 bits per heavy atom. The zero-order valence-electron chi connectivity index (χ0n) is 17.5. The highest BCUT2D eigenvalue weighted by Gasteiger charge is 2.35. The third-order valence-electron chi connectivity index (χ3n) is 5.31. The van der Waals surface area contributed by atoms with E-state index in [-0.39, 0.29) is 29.2 Å². The Morgan fingerprint density at radius 2 is 2.07 bits per heavy atom. The molecule has 1 aliphatic rings. The number of piperidine rings is 1. The summed E-state index contributed by atoms with van der Waals surface area (Å²) < 4.78 is 33.4. The zero-order chi connectivity index (χ0) is 20.7. The van der Waals surface area contributed by atoms with Gasteiger partial charge in [-0.1, -0.05) is 39.7 Å². The zero-order valence-corrected chi connectivity index (χ0v) is 18.3. The summed E-state index contributed by atoms with van der Waals surface area (Å²) >= 11 is 0. The molecule has 1 saturated heterocycles. The molecule has 0 aromatic heterocycles. The highest BCUT2D eigenvalue weighted by molar-refractivity contribution is 7.89. The van der Waals surface area contributed by atoms with Crippen molar-refractivity contribution in [2.45, 2.75) is 63.7 Å². The lowest BCUT2D eigenvalue weighted by molar-refractivity contribution is -0.126. The summed E-state index contributed by atoms with van der Waals surface area (Å²) in [6.45, 7) is 7.47. The molecule has 1 N–H and O–H groups in total. The quantitative estimate of drug-likeness (QED) is 0.632. The van der Waals surface area contributed by atoms with E-state index < -0.39 is 10.0 Å². The first-order valence-electron chi connectivity index (χ1n) is 10.3. The molecule has 0 radical (unpaired) electrons. The molecule has 7 heteroatoms. The third-order valence-corrected chi connectivity index (χ3v) is 7.19. The molecule has 1 amide bonds. The lowest BCUT2D eigenvalue weighted by atomic mass is 9.99. The summed E-state index contributed by atoms with van der Waals surface area (Å²) in [4.78, 5) is 12.7. The van der Waals surface area contributed by atoms with Crippen LogP contribution in [0.15, 0.2) is 23.1 Å². The van der Waals surface area contributed by atoms with Crippen LogP contribution >= 0.6 is 0 Å². The van der Waals surface area contributed by atoms with E-state index in [9.17, 15) is 13.2 Å². The number of hydrogen-bond acceptors (Lipinski definition) is 4. The van der Waals surface area contributed by atoms with E-state index >= 15 is 0 Å². The summed E-state index contributed by atoms with van der Waals surface area (Å²) in [5.74, 6) is 0.210. The number of methoxy groups -OCH3 is 1. The molecule has 1 atom stereocenters. The van der Waals surface area contributed by atoms with Gasteiger partial charge in [0, 0.05) is 19.6 Å². The van der Waals surface area contributed by atoms with Gasteiger partial charge in [0.2, 0.25) is 15.9 Å². The van der Waals surface area contributed by atoms with Crippen molar-refractivity contribution in [2.75, 3.05) is 26.7 Å². The summed E-state index contributed by atoms with van der Waals surface area (Å²) in [7, 11) is -2.25. The van der Waals surface area contributed by atoms with Crippen LogP contribution in [0.25, 0.3) is 0 Å². The number of hydrogen-bond donors (Lipinski definition) is 1. The van der Waals surface area contributed by atoms with Gasteiger partial charge in [-0.25, -0.2) is 8.42 Å². The topological polar surface area (TPSA) is 75.7 Å². The lowest BCUT2D eigenvalue weighted by Crippen LogP contribution is -2.45. The van der Waals surface area contributed by atoms with Crippen LogP contribution in [0.4, 0.5) is 0 Å². The first-order chi connectivity index (χ1) is 13.3. The Bertz CT molecular complexity index is 762. The fourth-order valence-corrected chi connectivity index (χ4v) is 5.21. The summed E-state index contributed by atoms with van der Waals surface area (Å²) in [6.07, 6.45) is 4.53. The van der Waals surface area contributed by atoms with Crippen molar-refractivity contribution in [1.82, 2.24) is 9.62 Å². The molecule has 0 aliphatic carbocycles. The molecular weight excluding hydrogens is 376 g/mol. The first-order valence-corrected chi connectivity index (χ1v) is 11.7. The van der Waals surface area contributed by atoms with Crippen molar-refractivity contribution < 1.29 is 17.9 Å². The largest absolute Gasteiger partial charge is 0.495 e. The number of nitrogens with zero attached hydrogens (tertiary/aromatic N) is 1. The van der Waals surface area contributed by atoms with Crippen molar-refractivity contribution in [3.8, 4) is 5.75 Å². The van der Waals surface area contributed by atoms with Crippen LogP contribution < -0.4 is 10.1 Å². The van der Waals surface area contributed by atoms with Crippen LogP contribution in [-0.2, 0) is 14.8 Å². The number of nitrogens with one attached hydrogen (secondary N) is 1. The Labute approximate surface area is 169 Å². The predicted molar refractivity (Wildman–Crippen MR) is 111 cm³/mol. The molecule has 28 heavy (non-hydrogen) atoms. The van der Waals surface area contributed by atoms with Crippen molar-refractivity contribution in [3.05, 3.63) is 23.8 Å². The number of rotatable bonds is 9. The maximum absolute atomic E-state index is 13.3. The monoisotopic (exact) mass is 410 g/mol. The number of unbranched alkanes of at least 4 members (excludes halogenated alkanes) is 2. The molecule has 0 unspecified atom stereocenters. The number of carbonyl (C=O) groups excluding carboxylic acids is 1. The van der Waals surface area contributed by atoms with Crippen LogP contribution in [0.3, 0.4) is 0 Å². The Balaban J connectivity index is 2.17. The smallest absolute Gasteiger partial charge is 0.246 e. The maximum atomic E-state index is 13.3. The summed E-state index contributed by atoms with van der Waals surface area (Å²) in [6, 6.07) is 5.31. The standard InChI is InChI=1S/C21H34N2O4S/c1-5-6-7-12-22-21(24)18-9-8-13-23(15-18)28(25,26)20-14-17(16(2)3)10-11-19(20)27-4/h10-11,14,16,18H,5-9,12-13,15H2,1-4H3,(H,22,24)/t18-/m0/s1. The highest BCUT2D eigenvalue weighted by atomic mass is 32.2. The van der Waals surface area contributed by atoms with Gasteiger partial charge in [-0.05, 0) is 42.9 Å². The molecule has 1 heterocycles. The third kappa shape index (κ3) is 5.47. The second kappa shape index (κ2) is 10.3. The predicted octanol–water partition coefficient (Wildman–Crippen LogP) is 3.53. The molecule has 1 fully saturated rings. The van der Waals surface area contributed by atoms with Gasteiger partial charge < -0.3 is 10.1 Å². The van der Waals surface area contributed by atoms with Crippen LogP contribution in [-0.4, -0.2) is 45.4 Å². The van der Waals surface area contributed by atoms with Gasteiger partial charge in [0.05, 0.1) is 13.0 Å². The van der Waals surface area contributed by atoms with E-state index in [4.69, 9.17) is 4.74 Å². The van der Waals surface area contributed by atoms with E-state index in [2.05, 4.69) is 12.2 Å². The fourth-order valence-electron chi connectivity index (χ4n) is 3.50. The maximum Gasteiger partial charge on any atom is 0.246 e. The fraction of sp³-hybridized carbons (Fsp3) is 0.667. The second-order valence-electron chi connectivity index (χ2n) is 7.77. The van der Waals surface area contributed by atoms with Gasteiger partial charge in [-0.2, -0.15) is 4.31 Å². The number of carbonyl (C=O) groups is 1. The first kappa shape index (κ1) is 22.7. The second-order valence-corrected chi connectivity index (χ2v) is 9.67. The summed E-state index contributed by atoms with van der Waals surface area (Å²) in [5.41, 5.74) is 0.946. The number of amides is 1. The number of ether oxygens (including phenoxy) is 1. The van der Waals surface area contributed by atoms with E-state index in [1.54, 1.807) is 12.1 Å². The molecule has 1 aliphatic heterocycles. The van der Waals surface area contributed by atoms with Crippen molar-refractivity contribution in [2.24, 2.45) is 5.92 Å². The normalized spacial score (nSPS) is 18.2. The SMILES string of the molecule is CCCCCNC(=O)[C@H]1CCCN(S(=O)(=O)c2cc(C(C)C)ccc2OC)C1. The molecule has 0 saturated carbocycles. The number of benzene rings is 1. The lowest BCUT2D eigenvalue weighted by Gasteiger charge is -2.31. The van der Waals surface area contributed by atoms with Crippen LogP contribution in [0, 0.1) is 5.92 Å². The molecule has 0 spiro atoms. The molecule has 1 aromatic rings. The molecule has 1 aromatic carbocycles. The van der Waals surface area contributed by atoms with Crippen molar-refractivity contribution in [1.29, 1.82) is 0 Å². The molecule has 0 bridgehead atoms. The minimum atomic E-state index is -3.73. The van der Waals surface area contributed by atoms with Crippen LogP contribution in [0.2, 0.25) is 0 Å². The van der Waals surface area contributed by atoms with E-state index in [0.717, 1.165) is 31.2 Å². The van der Waals surface area contributed by atoms with E-state index in [1.807, 2.05) is 19.9 Å². The Morgan fingerprint density at radius 3 is 2.71 bits per heavy atom. The minimum Gasteiger partial charge on any atom is -0.495 e. The highest BCUT2D eigenvalue weighted by Crippen LogP contribution is 2.32. The average molecular weight is 411 g/mol. The van der Waals surface area contributed by atoms with Crippen molar-refractivity contribution in [3.63, 3.8) is 0 Å². The van der Waals surface area contributed by atoms with Gasteiger partial charge in [-0.3, -0.25) is 4.79 Å². The Kier molecular flexibility index (Phi) is 8.31. The molecule has 158 valence electrons. The summed E-state index contributed by atoms with van der Waals surface area (Å²) in [5, 5.41) is 2.96. The minimum absolute atomic E-state index is 0.0427. The van der Waals surface area contributed by atoms with Crippen LogP contribution in [0.5, 0.6) is 5.75 Å². The van der Waals surface area contributed by atoms with Gasteiger partial charge in [0.15, 0.2) is 0 Å². The van der Waals surface area contributed by atoms with Crippen LogP contribution in [0.1, 0.15) is 64.4 Å². The molecular formula is C21H34N2O4S. The number of sulfonamides is 1. The van der Waals surface area contributed by atoms with Gasteiger partial charge in [-0.15, -0.1) is 0 Å². The van der Waals surface area contributed by atoms with Crippen molar-refractivity contribution >= 4 is 15.9 Å². The van der Waals surface area contributed by atoms with Gasteiger partial charge in [0.1, 0.15) is 10.6 Å². The van der Waals surface area contributed by atoms with Gasteiger partial charge >= 0.3 is 0 Å². The Hall–Kier alpha value is -1.60. The van der Waals surface area contributed by atoms with E-state index in [0.29, 0.717) is 25.3 Å². The molecule has 6 nitrogen and oxygen atoms in total. The molecule has 2 rings (SSSR count).